The van der Waals surface area contributed by atoms with Crippen LogP contribution in [0, 0.1) is 0 Å². The molecule has 0 spiro atoms. The molecule has 1 aromatic carbocycles. The Morgan fingerprint density at radius 2 is 1.71 bits per heavy atom. The van der Waals surface area contributed by atoms with E-state index < -0.39 is 42.2 Å². The van der Waals surface area contributed by atoms with Gasteiger partial charge in [-0.2, -0.15) is 0 Å². The second kappa shape index (κ2) is 5.68. The van der Waals surface area contributed by atoms with Crippen LogP contribution in [0.15, 0.2) is 34.9 Å². The standard InChI is InChI=1S/C16H14O7S/c17-5-8-11(20)12(21)14-16(22-8)24-15-10(19)7-4-2-1-3-6(7)9(18)13(15)23-14/h1-4,8,11-12,14,16-17,20-21H,5H2/t8-,11-,12+,14-,16+/m1/s1. The number of Topliss-reactive ketones (excluding diaryl/α,β-unsaturated/α-hetero) is 2. The van der Waals surface area contributed by atoms with E-state index in [2.05, 4.69) is 0 Å². The van der Waals surface area contributed by atoms with E-state index in [9.17, 15) is 24.9 Å². The third-order valence-corrected chi connectivity index (χ3v) is 5.57. The Bertz CT molecular complexity index is 759. The Morgan fingerprint density at radius 3 is 2.38 bits per heavy atom. The number of carbonyl (C=O) groups is 2. The number of benzene rings is 1. The fraction of sp³-hybridized carbons (Fsp3) is 0.375. The van der Waals surface area contributed by atoms with Crippen molar-refractivity contribution in [3.05, 3.63) is 46.1 Å². The first-order chi connectivity index (χ1) is 11.5. The third kappa shape index (κ3) is 2.15. The first kappa shape index (κ1) is 15.8. The molecule has 126 valence electrons. The zero-order valence-corrected chi connectivity index (χ0v) is 13.1. The minimum Gasteiger partial charge on any atom is -0.478 e. The van der Waals surface area contributed by atoms with Gasteiger partial charge in [-0.3, -0.25) is 9.59 Å². The maximum atomic E-state index is 12.6. The number of fused-ring (bicyclic) bond motifs is 2. The predicted molar refractivity (Wildman–Crippen MR) is 82.4 cm³/mol. The molecule has 24 heavy (non-hydrogen) atoms. The van der Waals surface area contributed by atoms with Crippen molar-refractivity contribution in [3.8, 4) is 0 Å². The predicted octanol–water partition coefficient (Wildman–Crippen LogP) is -0.152. The van der Waals surface area contributed by atoms with Gasteiger partial charge in [0.15, 0.2) is 11.9 Å². The number of allylic oxidation sites excluding steroid dienone is 2. The summed E-state index contributed by atoms with van der Waals surface area (Å²) in [6, 6.07) is 6.45. The van der Waals surface area contributed by atoms with Gasteiger partial charge in [0.1, 0.15) is 28.7 Å². The zero-order chi connectivity index (χ0) is 17.0. The molecule has 3 aliphatic rings. The molecule has 8 heteroatoms. The Morgan fingerprint density at radius 1 is 1.04 bits per heavy atom. The first-order valence-electron chi connectivity index (χ1n) is 7.41. The molecule has 0 saturated carbocycles. The van der Waals surface area contributed by atoms with Crippen molar-refractivity contribution >= 4 is 23.3 Å². The van der Waals surface area contributed by atoms with Crippen molar-refractivity contribution in [3.63, 3.8) is 0 Å². The van der Waals surface area contributed by atoms with Gasteiger partial charge in [-0.25, -0.2) is 0 Å². The molecule has 2 aliphatic heterocycles. The number of thioether (sulfide) groups is 1. The van der Waals surface area contributed by atoms with E-state index in [0.29, 0.717) is 5.56 Å². The number of aliphatic hydroxyl groups is 3. The van der Waals surface area contributed by atoms with Crippen LogP contribution in [-0.2, 0) is 9.47 Å². The van der Waals surface area contributed by atoms with Crippen molar-refractivity contribution in [1.29, 1.82) is 0 Å². The molecule has 2 heterocycles. The Kier molecular flexibility index (Phi) is 3.74. The second-order valence-electron chi connectivity index (χ2n) is 5.77. The minimum atomic E-state index is -1.35. The zero-order valence-electron chi connectivity index (χ0n) is 12.3. The molecule has 1 saturated heterocycles. The highest BCUT2D eigenvalue weighted by molar-refractivity contribution is 8.04. The number of ether oxygens (including phenoxy) is 2. The largest absolute Gasteiger partial charge is 0.478 e. The molecule has 7 nitrogen and oxygen atoms in total. The van der Waals surface area contributed by atoms with E-state index >= 15 is 0 Å². The van der Waals surface area contributed by atoms with E-state index in [1.54, 1.807) is 24.3 Å². The van der Waals surface area contributed by atoms with Crippen molar-refractivity contribution < 1.29 is 34.4 Å². The van der Waals surface area contributed by atoms with E-state index in [-0.39, 0.29) is 22.0 Å². The van der Waals surface area contributed by atoms with Crippen LogP contribution in [0.2, 0.25) is 0 Å². The maximum absolute atomic E-state index is 12.6. The van der Waals surface area contributed by atoms with Gasteiger partial charge in [0.25, 0.3) is 0 Å². The normalized spacial score (nSPS) is 35.0. The molecule has 0 unspecified atom stereocenters. The quantitative estimate of drug-likeness (QED) is 0.641. The summed E-state index contributed by atoms with van der Waals surface area (Å²) in [5.74, 6) is -0.896. The average Bonchev–Trinajstić information content (AvgIpc) is 2.61. The lowest BCUT2D eigenvalue weighted by Crippen LogP contribution is -2.59. The summed E-state index contributed by atoms with van der Waals surface area (Å²) >= 11 is 0.980. The van der Waals surface area contributed by atoms with Crippen molar-refractivity contribution in [2.45, 2.75) is 29.9 Å². The highest BCUT2D eigenvalue weighted by atomic mass is 32.2. The van der Waals surface area contributed by atoms with Crippen molar-refractivity contribution in [2.75, 3.05) is 6.61 Å². The Hall–Kier alpha value is -1.71. The van der Waals surface area contributed by atoms with Crippen LogP contribution in [0.3, 0.4) is 0 Å². The van der Waals surface area contributed by atoms with Gasteiger partial charge < -0.3 is 24.8 Å². The summed E-state index contributed by atoms with van der Waals surface area (Å²) in [5, 5.41) is 29.4. The van der Waals surface area contributed by atoms with E-state index in [0.717, 1.165) is 11.8 Å². The van der Waals surface area contributed by atoms with Crippen molar-refractivity contribution in [1.82, 2.24) is 0 Å². The van der Waals surface area contributed by atoms with Crippen LogP contribution in [0.4, 0.5) is 0 Å². The Labute approximate surface area is 140 Å². The lowest BCUT2D eigenvalue weighted by atomic mass is 9.93. The lowest BCUT2D eigenvalue weighted by molar-refractivity contribution is -0.210. The van der Waals surface area contributed by atoms with Gasteiger partial charge >= 0.3 is 0 Å². The van der Waals surface area contributed by atoms with Gasteiger partial charge in [-0.15, -0.1) is 0 Å². The minimum absolute atomic E-state index is 0.123. The van der Waals surface area contributed by atoms with Crippen LogP contribution in [0.5, 0.6) is 0 Å². The van der Waals surface area contributed by atoms with E-state index in [1.807, 2.05) is 0 Å². The number of hydrogen-bond acceptors (Lipinski definition) is 8. The molecule has 1 aromatic rings. The van der Waals surface area contributed by atoms with Gasteiger partial charge in [0.05, 0.1) is 6.61 Å². The number of ketones is 2. The summed E-state index contributed by atoms with van der Waals surface area (Å²) < 4.78 is 11.1. The highest BCUT2D eigenvalue weighted by Crippen LogP contribution is 2.45. The van der Waals surface area contributed by atoms with Crippen LogP contribution in [-0.4, -0.2) is 63.3 Å². The molecule has 0 aromatic heterocycles. The van der Waals surface area contributed by atoms with Crippen LogP contribution < -0.4 is 0 Å². The first-order valence-corrected chi connectivity index (χ1v) is 8.29. The molecular formula is C16H14O7S. The summed E-state index contributed by atoms with van der Waals surface area (Å²) in [7, 11) is 0. The van der Waals surface area contributed by atoms with E-state index in [4.69, 9.17) is 9.47 Å². The summed E-state index contributed by atoms with van der Waals surface area (Å²) in [6.45, 7) is -0.483. The topological polar surface area (TPSA) is 113 Å². The third-order valence-electron chi connectivity index (χ3n) is 4.35. The van der Waals surface area contributed by atoms with Gasteiger partial charge in [-0.1, -0.05) is 36.0 Å². The number of rotatable bonds is 1. The molecular weight excluding hydrogens is 336 g/mol. The van der Waals surface area contributed by atoms with Crippen LogP contribution >= 0.6 is 11.8 Å². The summed E-state index contributed by atoms with van der Waals surface area (Å²) in [6.07, 6.45) is -4.68. The molecule has 0 bridgehead atoms. The number of aliphatic hydroxyl groups excluding tert-OH is 3. The summed E-state index contributed by atoms with van der Waals surface area (Å²) in [4.78, 5) is 25.4. The van der Waals surface area contributed by atoms with Crippen LogP contribution in [0.1, 0.15) is 20.7 Å². The van der Waals surface area contributed by atoms with Gasteiger partial charge in [0, 0.05) is 11.1 Å². The molecule has 1 fully saturated rings. The lowest BCUT2D eigenvalue weighted by Gasteiger charge is -2.44. The monoisotopic (exact) mass is 350 g/mol. The number of carbonyl (C=O) groups excluding carboxylic acids is 2. The van der Waals surface area contributed by atoms with Gasteiger partial charge in [-0.05, 0) is 0 Å². The molecule has 4 rings (SSSR count). The Balaban J connectivity index is 1.73. The van der Waals surface area contributed by atoms with Crippen LogP contribution in [0.25, 0.3) is 0 Å². The van der Waals surface area contributed by atoms with Gasteiger partial charge in [0.2, 0.25) is 11.6 Å². The average molecular weight is 350 g/mol. The fourth-order valence-electron chi connectivity index (χ4n) is 3.07. The van der Waals surface area contributed by atoms with Crippen molar-refractivity contribution in [2.24, 2.45) is 0 Å². The number of hydrogen-bond donors (Lipinski definition) is 3. The molecule has 1 aliphatic carbocycles. The maximum Gasteiger partial charge on any atom is 0.229 e. The molecule has 0 radical (unpaired) electrons. The fourth-order valence-corrected chi connectivity index (χ4v) is 4.32. The van der Waals surface area contributed by atoms with E-state index in [1.165, 1.54) is 0 Å². The molecule has 5 atom stereocenters. The summed E-state index contributed by atoms with van der Waals surface area (Å²) in [5.41, 5.74) is -0.257. The highest BCUT2D eigenvalue weighted by Gasteiger charge is 2.51. The SMILES string of the molecule is O=C1C2=C(S[C@@H]3O[C@H](CO)[C@@H](O)[C@H](O)[C@H]3O2)C(=O)c2ccccc21. The second-order valence-corrected chi connectivity index (χ2v) is 6.88. The molecule has 0 amide bonds. The smallest absolute Gasteiger partial charge is 0.229 e. The molecule has 3 N–H and O–H groups in total.